The van der Waals surface area contributed by atoms with Crippen LogP contribution < -0.4 is 10.1 Å². The van der Waals surface area contributed by atoms with E-state index in [1.165, 1.54) is 18.2 Å². The third-order valence-electron chi connectivity index (χ3n) is 4.94. The highest BCUT2D eigenvalue weighted by molar-refractivity contribution is 6.01. The highest BCUT2D eigenvalue weighted by atomic mass is 19.1. The van der Waals surface area contributed by atoms with E-state index in [9.17, 15) is 9.18 Å². The number of amides is 1. The lowest BCUT2D eigenvalue weighted by Crippen LogP contribution is -2.08. The van der Waals surface area contributed by atoms with Gasteiger partial charge in [0.2, 0.25) is 5.91 Å². The molecule has 0 bridgehead atoms. The van der Waals surface area contributed by atoms with E-state index in [1.807, 2.05) is 37.3 Å². The standard InChI is InChI=1S/C27H25FN4O3/c1-2-34-17-18-35-27-30-26(21-9-6-10-22(28)19-21)32(31-27)24-14-12-23(13-15-24)29-25(33)16-11-20-7-4-3-5-8-20/h3-16,19H,2,17-18H2,1H3,(H,29,33)/b16-11+. The van der Waals surface area contributed by atoms with E-state index >= 15 is 0 Å². The van der Waals surface area contributed by atoms with Crippen molar-refractivity contribution in [2.45, 2.75) is 6.92 Å². The molecule has 1 heterocycles. The number of halogens is 1. The highest BCUT2D eigenvalue weighted by Gasteiger charge is 2.15. The summed E-state index contributed by atoms with van der Waals surface area (Å²) >= 11 is 0. The molecule has 1 amide bonds. The summed E-state index contributed by atoms with van der Waals surface area (Å²) < 4.78 is 26.4. The summed E-state index contributed by atoms with van der Waals surface area (Å²) in [5, 5.41) is 7.28. The fourth-order valence-corrected chi connectivity index (χ4v) is 3.29. The van der Waals surface area contributed by atoms with E-state index in [-0.39, 0.29) is 17.7 Å². The normalized spacial score (nSPS) is 11.0. The molecule has 0 atom stereocenters. The lowest BCUT2D eigenvalue weighted by atomic mass is 10.2. The van der Waals surface area contributed by atoms with Crippen LogP contribution in [0.25, 0.3) is 23.2 Å². The Morgan fingerprint density at radius 2 is 1.83 bits per heavy atom. The monoisotopic (exact) mass is 472 g/mol. The van der Waals surface area contributed by atoms with Gasteiger partial charge in [0.15, 0.2) is 5.82 Å². The molecule has 0 saturated carbocycles. The van der Waals surface area contributed by atoms with Gasteiger partial charge in [0, 0.05) is 23.9 Å². The Morgan fingerprint density at radius 3 is 2.57 bits per heavy atom. The fourth-order valence-electron chi connectivity index (χ4n) is 3.29. The van der Waals surface area contributed by atoms with Crippen molar-refractivity contribution < 1.29 is 18.7 Å². The molecule has 4 aromatic rings. The summed E-state index contributed by atoms with van der Waals surface area (Å²) in [6.45, 7) is 3.20. The van der Waals surface area contributed by atoms with Gasteiger partial charge in [-0.1, -0.05) is 42.5 Å². The van der Waals surface area contributed by atoms with Gasteiger partial charge < -0.3 is 14.8 Å². The first-order valence-electron chi connectivity index (χ1n) is 11.2. The van der Waals surface area contributed by atoms with Crippen LogP contribution in [0.4, 0.5) is 10.1 Å². The summed E-state index contributed by atoms with van der Waals surface area (Å²) in [6, 6.07) is 23.0. The first kappa shape index (κ1) is 23.8. The van der Waals surface area contributed by atoms with Crippen molar-refractivity contribution in [3.05, 3.63) is 96.3 Å². The van der Waals surface area contributed by atoms with E-state index < -0.39 is 0 Å². The Kier molecular flexibility index (Phi) is 7.98. The minimum Gasteiger partial charge on any atom is -0.460 e. The Bertz CT molecular complexity index is 1290. The third kappa shape index (κ3) is 6.61. The van der Waals surface area contributed by atoms with Crippen LogP contribution in [0.3, 0.4) is 0 Å². The molecule has 8 heteroatoms. The SMILES string of the molecule is CCOCCOc1nc(-c2cccc(F)c2)n(-c2ccc(NC(=O)/C=C/c3ccccc3)cc2)n1. The van der Waals surface area contributed by atoms with Crippen LogP contribution in [0.5, 0.6) is 6.01 Å². The second-order valence-corrected chi connectivity index (χ2v) is 7.47. The van der Waals surface area contributed by atoms with E-state index in [1.54, 1.807) is 47.2 Å². The zero-order valence-electron chi connectivity index (χ0n) is 19.2. The molecule has 0 aliphatic heterocycles. The number of anilines is 1. The van der Waals surface area contributed by atoms with Gasteiger partial charge in [-0.3, -0.25) is 4.79 Å². The number of nitrogens with zero attached hydrogens (tertiary/aromatic N) is 3. The average molecular weight is 473 g/mol. The average Bonchev–Trinajstić information content (AvgIpc) is 3.31. The quantitative estimate of drug-likeness (QED) is 0.255. The predicted octanol–water partition coefficient (Wildman–Crippen LogP) is 5.14. The molecule has 35 heavy (non-hydrogen) atoms. The molecule has 178 valence electrons. The second kappa shape index (κ2) is 11.7. The minimum absolute atomic E-state index is 0.160. The summed E-state index contributed by atoms with van der Waals surface area (Å²) in [5.41, 5.74) is 2.79. The summed E-state index contributed by atoms with van der Waals surface area (Å²) in [5.74, 6) is -0.191. The molecule has 0 spiro atoms. The van der Waals surface area contributed by atoms with E-state index in [4.69, 9.17) is 9.47 Å². The van der Waals surface area contributed by atoms with Crippen LogP contribution in [0, 0.1) is 5.82 Å². The number of carbonyl (C=O) groups is 1. The molecule has 3 aromatic carbocycles. The van der Waals surface area contributed by atoms with Crippen molar-refractivity contribution in [1.82, 2.24) is 14.8 Å². The van der Waals surface area contributed by atoms with Gasteiger partial charge >= 0.3 is 6.01 Å². The molecule has 0 saturated heterocycles. The lowest BCUT2D eigenvalue weighted by molar-refractivity contribution is -0.111. The van der Waals surface area contributed by atoms with Crippen molar-refractivity contribution in [3.8, 4) is 23.1 Å². The van der Waals surface area contributed by atoms with Gasteiger partial charge in [-0.05, 0) is 55.0 Å². The number of rotatable bonds is 10. The number of aromatic nitrogens is 3. The first-order valence-corrected chi connectivity index (χ1v) is 11.2. The van der Waals surface area contributed by atoms with Crippen molar-refractivity contribution >= 4 is 17.7 Å². The molecule has 0 fully saturated rings. The molecular weight excluding hydrogens is 447 g/mol. The summed E-state index contributed by atoms with van der Waals surface area (Å²) in [4.78, 5) is 16.7. The maximum Gasteiger partial charge on any atom is 0.336 e. The number of ether oxygens (including phenoxy) is 2. The third-order valence-corrected chi connectivity index (χ3v) is 4.94. The zero-order chi connectivity index (χ0) is 24.5. The van der Waals surface area contributed by atoms with Crippen LogP contribution in [0.15, 0.2) is 84.9 Å². The van der Waals surface area contributed by atoms with Crippen LogP contribution in [0.2, 0.25) is 0 Å². The lowest BCUT2D eigenvalue weighted by Gasteiger charge is -2.08. The topological polar surface area (TPSA) is 78.3 Å². The molecule has 4 rings (SSSR count). The van der Waals surface area contributed by atoms with Gasteiger partial charge in [-0.25, -0.2) is 9.07 Å². The van der Waals surface area contributed by atoms with Gasteiger partial charge in [0.25, 0.3) is 0 Å². The van der Waals surface area contributed by atoms with Crippen molar-refractivity contribution in [2.75, 3.05) is 25.1 Å². The molecule has 1 N–H and O–H groups in total. The molecule has 7 nitrogen and oxygen atoms in total. The molecule has 0 radical (unpaired) electrons. The Balaban J connectivity index is 1.52. The Morgan fingerprint density at radius 1 is 1.03 bits per heavy atom. The molecule has 1 aromatic heterocycles. The first-order chi connectivity index (χ1) is 17.1. The largest absolute Gasteiger partial charge is 0.460 e. The maximum absolute atomic E-state index is 13.9. The van der Waals surface area contributed by atoms with Crippen molar-refractivity contribution in [3.63, 3.8) is 0 Å². The highest BCUT2D eigenvalue weighted by Crippen LogP contribution is 2.25. The zero-order valence-corrected chi connectivity index (χ0v) is 19.2. The Labute approximate surface area is 202 Å². The van der Waals surface area contributed by atoms with Crippen LogP contribution in [-0.2, 0) is 9.53 Å². The van der Waals surface area contributed by atoms with E-state index in [0.29, 0.717) is 42.6 Å². The maximum atomic E-state index is 13.9. The van der Waals surface area contributed by atoms with E-state index in [2.05, 4.69) is 15.4 Å². The second-order valence-electron chi connectivity index (χ2n) is 7.47. The van der Waals surface area contributed by atoms with Crippen molar-refractivity contribution in [2.24, 2.45) is 0 Å². The van der Waals surface area contributed by atoms with Crippen LogP contribution in [0.1, 0.15) is 12.5 Å². The van der Waals surface area contributed by atoms with Crippen LogP contribution >= 0.6 is 0 Å². The summed E-state index contributed by atoms with van der Waals surface area (Å²) in [6.07, 6.45) is 3.23. The van der Waals surface area contributed by atoms with Crippen LogP contribution in [-0.4, -0.2) is 40.5 Å². The number of hydrogen-bond acceptors (Lipinski definition) is 5. The number of carbonyl (C=O) groups excluding carboxylic acids is 1. The minimum atomic E-state index is -0.377. The molecule has 0 aliphatic rings. The van der Waals surface area contributed by atoms with Gasteiger partial charge in [0.1, 0.15) is 12.4 Å². The van der Waals surface area contributed by atoms with Gasteiger partial charge in [0.05, 0.1) is 12.3 Å². The summed E-state index contributed by atoms with van der Waals surface area (Å²) in [7, 11) is 0. The predicted molar refractivity (Wildman–Crippen MR) is 133 cm³/mol. The fraction of sp³-hybridized carbons (Fsp3) is 0.148. The molecule has 0 aliphatic carbocycles. The van der Waals surface area contributed by atoms with E-state index in [0.717, 1.165) is 5.56 Å². The van der Waals surface area contributed by atoms with Gasteiger partial charge in [-0.15, -0.1) is 5.10 Å². The smallest absolute Gasteiger partial charge is 0.336 e. The van der Waals surface area contributed by atoms with Gasteiger partial charge in [-0.2, -0.15) is 4.98 Å². The number of nitrogens with one attached hydrogen (secondary N) is 1. The Hall–Kier alpha value is -4.30. The van der Waals surface area contributed by atoms with Crippen molar-refractivity contribution in [1.29, 1.82) is 0 Å². The number of hydrogen-bond donors (Lipinski definition) is 1. The molecule has 0 unspecified atom stereocenters. The number of benzene rings is 3. The molecular formula is C27H25FN4O3.